The van der Waals surface area contributed by atoms with E-state index in [2.05, 4.69) is 26.6 Å². The highest BCUT2D eigenvalue weighted by molar-refractivity contribution is 9.10. The maximum Gasteiger partial charge on any atom is 0.337 e. The predicted octanol–water partition coefficient (Wildman–Crippen LogP) is 3.20. The van der Waals surface area contributed by atoms with E-state index in [1.165, 1.54) is 6.07 Å². The van der Waals surface area contributed by atoms with Crippen molar-refractivity contribution in [1.29, 1.82) is 0 Å². The van der Waals surface area contributed by atoms with E-state index in [1.807, 2.05) is 30.3 Å². The quantitative estimate of drug-likeness (QED) is 0.775. The number of rotatable bonds is 5. The molecule has 3 N–H and O–H groups in total. The zero-order chi connectivity index (χ0) is 15.2. The van der Waals surface area contributed by atoms with E-state index in [0.29, 0.717) is 4.47 Å². The third kappa shape index (κ3) is 4.32. The lowest BCUT2D eigenvalue weighted by Crippen LogP contribution is -2.23. The van der Waals surface area contributed by atoms with Crippen LogP contribution in [0.2, 0.25) is 0 Å². The lowest BCUT2D eigenvalue weighted by atomic mass is 10.2. The molecule has 21 heavy (non-hydrogen) atoms. The van der Waals surface area contributed by atoms with Crippen molar-refractivity contribution >= 4 is 39.2 Å². The van der Waals surface area contributed by atoms with Crippen molar-refractivity contribution in [3.8, 4) is 0 Å². The van der Waals surface area contributed by atoms with E-state index in [-0.39, 0.29) is 23.7 Å². The highest BCUT2D eigenvalue weighted by atomic mass is 79.9. The number of carboxylic acids is 1. The Morgan fingerprint density at radius 3 is 2.48 bits per heavy atom. The van der Waals surface area contributed by atoms with E-state index in [4.69, 9.17) is 5.11 Å². The van der Waals surface area contributed by atoms with Gasteiger partial charge in [-0.05, 0) is 30.3 Å². The second-order valence-corrected chi connectivity index (χ2v) is 5.18. The number of aromatic carboxylic acids is 1. The summed E-state index contributed by atoms with van der Waals surface area (Å²) in [4.78, 5) is 23.0. The van der Waals surface area contributed by atoms with Crippen LogP contribution in [0.4, 0.5) is 11.4 Å². The Bertz CT molecular complexity index is 659. The Kier molecular flexibility index (Phi) is 4.94. The van der Waals surface area contributed by atoms with E-state index in [9.17, 15) is 9.59 Å². The third-order valence-corrected chi connectivity index (χ3v) is 3.21. The molecule has 0 aliphatic carbocycles. The zero-order valence-corrected chi connectivity index (χ0v) is 12.6. The van der Waals surface area contributed by atoms with E-state index in [0.717, 1.165) is 5.69 Å². The Balaban J connectivity index is 2.02. The Morgan fingerprint density at radius 1 is 1.10 bits per heavy atom. The summed E-state index contributed by atoms with van der Waals surface area (Å²) in [7, 11) is 0. The van der Waals surface area contributed by atoms with E-state index < -0.39 is 5.97 Å². The van der Waals surface area contributed by atoms with Gasteiger partial charge in [0.2, 0.25) is 5.91 Å². The average molecular weight is 349 g/mol. The molecular weight excluding hydrogens is 336 g/mol. The van der Waals surface area contributed by atoms with Gasteiger partial charge in [0, 0.05) is 10.2 Å². The minimum absolute atomic E-state index is 0.0475. The summed E-state index contributed by atoms with van der Waals surface area (Å²) in [6.45, 7) is 0.0512. The largest absolute Gasteiger partial charge is 0.478 e. The molecule has 2 aromatic carbocycles. The topological polar surface area (TPSA) is 78.4 Å². The van der Waals surface area contributed by atoms with Crippen molar-refractivity contribution in [3.63, 3.8) is 0 Å². The van der Waals surface area contributed by atoms with Crippen molar-refractivity contribution in [1.82, 2.24) is 0 Å². The number of para-hydroxylation sites is 1. The van der Waals surface area contributed by atoms with Crippen molar-refractivity contribution in [2.75, 3.05) is 17.2 Å². The molecule has 6 heteroatoms. The average Bonchev–Trinajstić information content (AvgIpc) is 2.46. The minimum Gasteiger partial charge on any atom is -0.478 e. The highest BCUT2D eigenvalue weighted by Gasteiger charge is 2.12. The number of halogens is 1. The first kappa shape index (κ1) is 15.1. The van der Waals surface area contributed by atoms with Gasteiger partial charge in [-0.15, -0.1) is 0 Å². The molecule has 0 saturated carbocycles. The standard InChI is InChI=1S/C15H13BrN2O3/c16-10-6-7-12(15(20)21)13(8-10)18-14(19)9-17-11-4-2-1-3-5-11/h1-8,17H,9H2,(H,18,19)(H,20,21). The van der Waals surface area contributed by atoms with Gasteiger partial charge in [0.1, 0.15) is 0 Å². The first-order valence-electron chi connectivity index (χ1n) is 6.18. The fraction of sp³-hybridized carbons (Fsp3) is 0.0667. The van der Waals surface area contributed by atoms with Gasteiger partial charge in [0.25, 0.3) is 0 Å². The lowest BCUT2D eigenvalue weighted by molar-refractivity contribution is -0.114. The highest BCUT2D eigenvalue weighted by Crippen LogP contribution is 2.21. The van der Waals surface area contributed by atoms with E-state index in [1.54, 1.807) is 12.1 Å². The van der Waals surface area contributed by atoms with Crippen LogP contribution in [0.5, 0.6) is 0 Å². The number of carboxylic acid groups (broad SMARTS) is 1. The van der Waals surface area contributed by atoms with Gasteiger partial charge in [-0.3, -0.25) is 4.79 Å². The lowest BCUT2D eigenvalue weighted by Gasteiger charge is -2.10. The summed E-state index contributed by atoms with van der Waals surface area (Å²) in [5.41, 5.74) is 1.13. The van der Waals surface area contributed by atoms with Crippen LogP contribution in [-0.4, -0.2) is 23.5 Å². The number of carbonyl (C=O) groups is 2. The van der Waals surface area contributed by atoms with Crippen LogP contribution in [0.15, 0.2) is 53.0 Å². The number of benzene rings is 2. The second-order valence-electron chi connectivity index (χ2n) is 4.26. The summed E-state index contributed by atoms with van der Waals surface area (Å²) in [5, 5.41) is 14.6. The molecule has 0 heterocycles. The molecule has 2 aromatic rings. The van der Waals surface area contributed by atoms with Crippen molar-refractivity contribution < 1.29 is 14.7 Å². The van der Waals surface area contributed by atoms with Crippen LogP contribution in [0.25, 0.3) is 0 Å². The van der Waals surface area contributed by atoms with Crippen LogP contribution < -0.4 is 10.6 Å². The molecule has 0 bridgehead atoms. The molecular formula is C15H13BrN2O3. The molecule has 1 amide bonds. The van der Waals surface area contributed by atoms with Crippen molar-refractivity contribution in [2.45, 2.75) is 0 Å². The summed E-state index contributed by atoms with van der Waals surface area (Å²) >= 11 is 3.25. The zero-order valence-electron chi connectivity index (χ0n) is 11.0. The van der Waals surface area contributed by atoms with Gasteiger partial charge in [0.15, 0.2) is 0 Å². The molecule has 0 atom stereocenters. The number of nitrogens with one attached hydrogen (secondary N) is 2. The first-order valence-corrected chi connectivity index (χ1v) is 6.97. The molecule has 0 radical (unpaired) electrons. The molecule has 0 unspecified atom stereocenters. The van der Waals surface area contributed by atoms with Crippen LogP contribution in [-0.2, 0) is 4.79 Å². The summed E-state index contributed by atoms with van der Waals surface area (Å²) in [6.07, 6.45) is 0. The van der Waals surface area contributed by atoms with Gasteiger partial charge < -0.3 is 15.7 Å². The van der Waals surface area contributed by atoms with Crippen LogP contribution in [0, 0.1) is 0 Å². The smallest absolute Gasteiger partial charge is 0.337 e. The normalized spacial score (nSPS) is 9.95. The molecule has 0 aromatic heterocycles. The molecule has 2 rings (SSSR count). The Hall–Kier alpha value is -2.34. The molecule has 5 nitrogen and oxygen atoms in total. The maximum absolute atomic E-state index is 11.9. The van der Waals surface area contributed by atoms with Crippen LogP contribution in [0.3, 0.4) is 0 Å². The first-order chi connectivity index (χ1) is 10.1. The van der Waals surface area contributed by atoms with Gasteiger partial charge in [-0.25, -0.2) is 4.79 Å². The minimum atomic E-state index is -1.09. The van der Waals surface area contributed by atoms with Crippen LogP contribution in [0.1, 0.15) is 10.4 Å². The molecule has 0 aliphatic rings. The Labute approximate surface area is 130 Å². The number of hydrogen-bond donors (Lipinski definition) is 3. The van der Waals surface area contributed by atoms with Crippen LogP contribution >= 0.6 is 15.9 Å². The Morgan fingerprint density at radius 2 is 1.81 bits per heavy atom. The molecule has 0 saturated heterocycles. The molecule has 108 valence electrons. The summed E-state index contributed by atoms with van der Waals surface area (Å²) < 4.78 is 0.693. The van der Waals surface area contributed by atoms with Gasteiger partial charge in [-0.2, -0.15) is 0 Å². The predicted molar refractivity (Wildman–Crippen MR) is 84.7 cm³/mol. The monoisotopic (exact) mass is 348 g/mol. The summed E-state index contributed by atoms with van der Waals surface area (Å²) in [6, 6.07) is 13.9. The third-order valence-electron chi connectivity index (χ3n) is 2.71. The fourth-order valence-corrected chi connectivity index (χ4v) is 2.10. The SMILES string of the molecule is O=C(CNc1ccccc1)Nc1cc(Br)ccc1C(=O)O. The molecule has 0 fully saturated rings. The fourth-order valence-electron chi connectivity index (χ4n) is 1.74. The van der Waals surface area contributed by atoms with Crippen molar-refractivity contribution in [2.24, 2.45) is 0 Å². The van der Waals surface area contributed by atoms with E-state index >= 15 is 0 Å². The number of amides is 1. The van der Waals surface area contributed by atoms with Gasteiger partial charge >= 0.3 is 5.97 Å². The molecule has 0 aliphatic heterocycles. The molecule has 0 spiro atoms. The van der Waals surface area contributed by atoms with Crippen molar-refractivity contribution in [3.05, 3.63) is 58.6 Å². The summed E-state index contributed by atoms with van der Waals surface area (Å²) in [5.74, 6) is -1.41. The number of anilines is 2. The number of hydrogen-bond acceptors (Lipinski definition) is 3. The van der Waals surface area contributed by atoms with Gasteiger partial charge in [0.05, 0.1) is 17.8 Å². The maximum atomic E-state index is 11.9. The number of carbonyl (C=O) groups excluding carboxylic acids is 1. The van der Waals surface area contributed by atoms with Gasteiger partial charge in [-0.1, -0.05) is 34.1 Å². The second kappa shape index (κ2) is 6.90.